The van der Waals surface area contributed by atoms with Crippen LogP contribution in [0.2, 0.25) is 0 Å². The number of ketones is 1. The predicted molar refractivity (Wildman–Crippen MR) is 85.5 cm³/mol. The molecule has 0 aliphatic carbocycles. The molecule has 0 unspecified atom stereocenters. The lowest BCUT2D eigenvalue weighted by Gasteiger charge is -2.15. The maximum Gasteiger partial charge on any atom is 0.342 e. The lowest BCUT2D eigenvalue weighted by Crippen LogP contribution is -2.17. The largest absolute Gasteiger partial charge is 0.508 e. The van der Waals surface area contributed by atoms with Gasteiger partial charge in [0, 0.05) is 18.9 Å². The number of benzene rings is 1. The number of carbonyl (C=O) groups is 2. The van der Waals surface area contributed by atoms with Gasteiger partial charge < -0.3 is 14.9 Å². The van der Waals surface area contributed by atoms with Crippen molar-refractivity contribution in [1.29, 1.82) is 0 Å². The van der Waals surface area contributed by atoms with Crippen molar-refractivity contribution in [3.63, 3.8) is 0 Å². The van der Waals surface area contributed by atoms with Gasteiger partial charge in [0.2, 0.25) is 0 Å². The molecular formula is C18H20O5. The fourth-order valence-electron chi connectivity index (χ4n) is 2.39. The first kappa shape index (κ1) is 16.8. The highest BCUT2D eigenvalue weighted by Gasteiger charge is 2.22. The topological polar surface area (TPSA) is 83.8 Å². The standard InChI is InChI=1S/C18H20O5/c1-12-7-5-3-2-4-6-8-14(19)9-13-10-15(20)11-16(21)17(13)18(22)23-12/h3,5-6,8,10-12,20-21H,2,4,7,9H2,1H3/t12-/m1/s1. The molecule has 0 saturated carbocycles. The van der Waals surface area contributed by atoms with E-state index < -0.39 is 11.7 Å². The average molecular weight is 316 g/mol. The summed E-state index contributed by atoms with van der Waals surface area (Å²) in [7, 11) is 0. The number of allylic oxidation sites excluding steroid dienone is 3. The molecule has 0 saturated heterocycles. The zero-order chi connectivity index (χ0) is 16.8. The number of phenolic OH excluding ortho intramolecular Hbond substituents is 2. The van der Waals surface area contributed by atoms with Crippen LogP contribution in [-0.4, -0.2) is 28.1 Å². The minimum absolute atomic E-state index is 0.0718. The Bertz CT molecular complexity index is 658. The molecule has 2 rings (SSSR count). The van der Waals surface area contributed by atoms with Crippen molar-refractivity contribution in [2.24, 2.45) is 0 Å². The molecule has 2 N–H and O–H groups in total. The van der Waals surface area contributed by atoms with Crippen LogP contribution in [0.1, 0.15) is 42.1 Å². The van der Waals surface area contributed by atoms with E-state index in [9.17, 15) is 19.8 Å². The van der Waals surface area contributed by atoms with Gasteiger partial charge in [-0.05, 0) is 37.5 Å². The molecule has 1 aromatic rings. The summed E-state index contributed by atoms with van der Waals surface area (Å²) >= 11 is 0. The number of fused-ring (bicyclic) bond motifs is 1. The van der Waals surface area contributed by atoms with Gasteiger partial charge in [-0.25, -0.2) is 4.79 Å². The van der Waals surface area contributed by atoms with Crippen molar-refractivity contribution < 1.29 is 24.5 Å². The Morgan fingerprint density at radius 2 is 1.83 bits per heavy atom. The van der Waals surface area contributed by atoms with E-state index in [2.05, 4.69) is 0 Å². The Balaban J connectivity index is 2.40. The second-order valence-electron chi connectivity index (χ2n) is 5.54. The Labute approximate surface area is 134 Å². The molecule has 0 radical (unpaired) electrons. The number of rotatable bonds is 0. The smallest absolute Gasteiger partial charge is 0.342 e. The molecule has 0 amide bonds. The van der Waals surface area contributed by atoms with E-state index in [4.69, 9.17) is 4.74 Å². The van der Waals surface area contributed by atoms with Gasteiger partial charge in [0.25, 0.3) is 0 Å². The average Bonchev–Trinajstić information content (AvgIpc) is 2.44. The lowest BCUT2D eigenvalue weighted by atomic mass is 10.00. The van der Waals surface area contributed by atoms with Crippen LogP contribution in [0.5, 0.6) is 11.5 Å². The maximum atomic E-state index is 12.3. The molecule has 122 valence electrons. The molecule has 5 heteroatoms. The van der Waals surface area contributed by atoms with Crippen molar-refractivity contribution in [1.82, 2.24) is 0 Å². The molecule has 5 nitrogen and oxygen atoms in total. The van der Waals surface area contributed by atoms with E-state index in [1.807, 2.05) is 12.2 Å². The third kappa shape index (κ3) is 4.71. The van der Waals surface area contributed by atoms with Crippen LogP contribution in [0.15, 0.2) is 36.4 Å². The molecule has 0 bridgehead atoms. The highest BCUT2D eigenvalue weighted by molar-refractivity contribution is 5.98. The molecular weight excluding hydrogens is 296 g/mol. The van der Waals surface area contributed by atoms with Crippen LogP contribution in [0.4, 0.5) is 0 Å². The highest BCUT2D eigenvalue weighted by atomic mass is 16.5. The van der Waals surface area contributed by atoms with Gasteiger partial charge in [-0.15, -0.1) is 0 Å². The quantitative estimate of drug-likeness (QED) is 0.568. The number of esters is 1. The van der Waals surface area contributed by atoms with Crippen molar-refractivity contribution in [2.75, 3.05) is 0 Å². The second kappa shape index (κ2) is 7.63. The van der Waals surface area contributed by atoms with E-state index in [0.717, 1.165) is 18.9 Å². The molecule has 1 atom stereocenters. The van der Waals surface area contributed by atoms with E-state index in [0.29, 0.717) is 6.42 Å². The molecule has 1 aromatic carbocycles. The van der Waals surface area contributed by atoms with Crippen LogP contribution in [-0.2, 0) is 16.0 Å². The summed E-state index contributed by atoms with van der Waals surface area (Å²) in [6.07, 6.45) is 8.83. The summed E-state index contributed by atoms with van der Waals surface area (Å²) in [4.78, 5) is 24.3. The van der Waals surface area contributed by atoms with E-state index >= 15 is 0 Å². The minimum atomic E-state index is -0.702. The van der Waals surface area contributed by atoms with Crippen LogP contribution in [0, 0.1) is 0 Å². The zero-order valence-electron chi connectivity index (χ0n) is 13.0. The summed E-state index contributed by atoms with van der Waals surface area (Å²) < 4.78 is 5.32. The molecule has 0 aromatic heterocycles. The van der Waals surface area contributed by atoms with Gasteiger partial charge in [0.1, 0.15) is 23.2 Å². The zero-order valence-corrected chi connectivity index (χ0v) is 13.0. The van der Waals surface area contributed by atoms with Crippen LogP contribution >= 0.6 is 0 Å². The Morgan fingerprint density at radius 1 is 1.09 bits per heavy atom. The fourth-order valence-corrected chi connectivity index (χ4v) is 2.39. The number of carbonyl (C=O) groups excluding carboxylic acids is 2. The van der Waals surface area contributed by atoms with Crippen LogP contribution in [0.25, 0.3) is 0 Å². The molecule has 1 heterocycles. The van der Waals surface area contributed by atoms with Gasteiger partial charge in [-0.2, -0.15) is 0 Å². The van der Waals surface area contributed by atoms with Gasteiger partial charge in [0.05, 0.1) is 0 Å². The first-order valence-corrected chi connectivity index (χ1v) is 7.57. The van der Waals surface area contributed by atoms with Crippen molar-refractivity contribution in [3.05, 3.63) is 47.6 Å². The monoisotopic (exact) mass is 316 g/mol. The van der Waals surface area contributed by atoms with Gasteiger partial charge in [-0.3, -0.25) is 4.79 Å². The third-order valence-corrected chi connectivity index (χ3v) is 3.50. The molecule has 1 aliphatic heterocycles. The number of aromatic hydroxyl groups is 2. The van der Waals surface area contributed by atoms with Gasteiger partial charge >= 0.3 is 5.97 Å². The number of ether oxygens (including phenoxy) is 1. The van der Waals surface area contributed by atoms with Crippen molar-refractivity contribution >= 4 is 11.8 Å². The van der Waals surface area contributed by atoms with Crippen molar-refractivity contribution in [3.8, 4) is 11.5 Å². The predicted octanol–water partition coefficient (Wildman–Crippen LogP) is 3.05. The molecule has 23 heavy (non-hydrogen) atoms. The summed E-state index contributed by atoms with van der Waals surface area (Å²) in [6, 6.07) is 2.37. The third-order valence-electron chi connectivity index (χ3n) is 3.50. The first-order chi connectivity index (χ1) is 11.0. The summed E-state index contributed by atoms with van der Waals surface area (Å²) in [5, 5.41) is 19.6. The normalized spacial score (nSPS) is 19.8. The Hall–Kier alpha value is -2.56. The van der Waals surface area contributed by atoms with Gasteiger partial charge in [0.15, 0.2) is 5.78 Å². The lowest BCUT2D eigenvalue weighted by molar-refractivity contribution is -0.114. The van der Waals surface area contributed by atoms with E-state index in [1.54, 1.807) is 13.0 Å². The van der Waals surface area contributed by atoms with Crippen LogP contribution in [0.3, 0.4) is 0 Å². The summed E-state index contributed by atoms with van der Waals surface area (Å²) in [5.41, 5.74) is 0.180. The Morgan fingerprint density at radius 3 is 2.61 bits per heavy atom. The number of hydrogen-bond acceptors (Lipinski definition) is 5. The van der Waals surface area contributed by atoms with Crippen LogP contribution < -0.4 is 0 Å². The first-order valence-electron chi connectivity index (χ1n) is 7.57. The van der Waals surface area contributed by atoms with Gasteiger partial charge in [-0.1, -0.05) is 18.2 Å². The molecule has 0 fully saturated rings. The Kier molecular flexibility index (Phi) is 5.57. The van der Waals surface area contributed by atoms with E-state index in [1.165, 1.54) is 12.1 Å². The SMILES string of the molecule is C[C@@H]1CC=CCCC=CC(=O)Cc2cc(O)cc(O)c2C(=O)O1. The van der Waals surface area contributed by atoms with E-state index in [-0.39, 0.29) is 35.2 Å². The fraction of sp³-hybridized carbons (Fsp3) is 0.333. The maximum absolute atomic E-state index is 12.3. The molecule has 0 spiro atoms. The number of hydrogen-bond donors (Lipinski definition) is 2. The number of phenols is 2. The van der Waals surface area contributed by atoms with Crippen molar-refractivity contribution in [2.45, 2.75) is 38.7 Å². The summed E-state index contributed by atoms with van der Waals surface area (Å²) in [6.45, 7) is 1.76. The highest BCUT2D eigenvalue weighted by Crippen LogP contribution is 2.29. The molecule has 1 aliphatic rings. The summed E-state index contributed by atoms with van der Waals surface area (Å²) in [5.74, 6) is -1.51. The second-order valence-corrected chi connectivity index (χ2v) is 5.54. The minimum Gasteiger partial charge on any atom is -0.508 e. The number of cyclic esters (lactones) is 1.